The maximum atomic E-state index is 12.7. The predicted octanol–water partition coefficient (Wildman–Crippen LogP) is 2.25. The number of rotatable bonds is 5. The molecule has 2 rings (SSSR count). The highest BCUT2D eigenvalue weighted by Crippen LogP contribution is 2.06. The number of halogens is 1. The van der Waals surface area contributed by atoms with Crippen LogP contribution in [0.1, 0.15) is 21.5 Å². The molecule has 2 aromatic rings. The zero-order chi connectivity index (χ0) is 15.9. The number of hydrogen-bond acceptors (Lipinski definition) is 2. The SMILES string of the molecule is NC(=O)c1cccc(CNC(=O)/C=C/c2ccc(F)cc2)c1. The van der Waals surface area contributed by atoms with Crippen LogP contribution < -0.4 is 11.1 Å². The molecule has 0 saturated heterocycles. The van der Waals surface area contributed by atoms with E-state index in [1.54, 1.807) is 42.5 Å². The van der Waals surface area contributed by atoms with Gasteiger partial charge in [-0.05, 0) is 41.5 Å². The molecule has 2 aromatic carbocycles. The second kappa shape index (κ2) is 7.17. The molecule has 3 N–H and O–H groups in total. The first-order chi connectivity index (χ1) is 10.5. The molecule has 0 aliphatic carbocycles. The van der Waals surface area contributed by atoms with Gasteiger partial charge in [-0.2, -0.15) is 0 Å². The standard InChI is InChI=1S/C17H15FN2O2/c18-15-7-4-12(5-8-15)6-9-16(21)20-11-13-2-1-3-14(10-13)17(19)22/h1-10H,11H2,(H2,19,22)(H,20,21)/b9-6+. The Labute approximate surface area is 127 Å². The molecule has 0 unspecified atom stereocenters. The first kappa shape index (κ1) is 15.4. The smallest absolute Gasteiger partial charge is 0.248 e. The van der Waals surface area contributed by atoms with E-state index < -0.39 is 5.91 Å². The van der Waals surface area contributed by atoms with Crippen molar-refractivity contribution in [3.63, 3.8) is 0 Å². The molecule has 112 valence electrons. The van der Waals surface area contributed by atoms with E-state index in [1.165, 1.54) is 18.2 Å². The van der Waals surface area contributed by atoms with Crippen molar-refractivity contribution in [1.29, 1.82) is 0 Å². The monoisotopic (exact) mass is 298 g/mol. The third kappa shape index (κ3) is 4.56. The summed E-state index contributed by atoms with van der Waals surface area (Å²) in [6.07, 6.45) is 2.96. The second-order valence-corrected chi connectivity index (χ2v) is 4.67. The number of nitrogens with two attached hydrogens (primary N) is 1. The zero-order valence-corrected chi connectivity index (χ0v) is 11.8. The van der Waals surface area contributed by atoms with E-state index in [1.807, 2.05) is 0 Å². The molecule has 2 amide bonds. The number of benzene rings is 2. The number of nitrogens with one attached hydrogen (secondary N) is 1. The Kier molecular flexibility index (Phi) is 5.03. The van der Waals surface area contributed by atoms with Crippen LogP contribution in [0, 0.1) is 5.82 Å². The molecule has 0 saturated carbocycles. The molecular weight excluding hydrogens is 283 g/mol. The minimum absolute atomic E-state index is 0.284. The van der Waals surface area contributed by atoms with Gasteiger partial charge in [-0.3, -0.25) is 9.59 Å². The molecule has 0 bridgehead atoms. The maximum absolute atomic E-state index is 12.7. The lowest BCUT2D eigenvalue weighted by atomic mass is 10.1. The van der Waals surface area contributed by atoms with Crippen molar-refractivity contribution >= 4 is 17.9 Å². The molecule has 0 heterocycles. The summed E-state index contributed by atoms with van der Waals surface area (Å²) in [4.78, 5) is 22.8. The fraction of sp³-hybridized carbons (Fsp3) is 0.0588. The Morgan fingerprint density at radius 1 is 1.14 bits per heavy atom. The molecule has 4 nitrogen and oxygen atoms in total. The van der Waals surface area contributed by atoms with E-state index in [2.05, 4.69) is 5.32 Å². The first-order valence-electron chi connectivity index (χ1n) is 6.65. The van der Waals surface area contributed by atoms with Gasteiger partial charge in [-0.25, -0.2) is 4.39 Å². The van der Waals surface area contributed by atoms with Crippen LogP contribution >= 0.6 is 0 Å². The van der Waals surface area contributed by atoms with Crippen molar-refractivity contribution in [3.05, 3.63) is 77.1 Å². The molecule has 0 spiro atoms. The normalized spacial score (nSPS) is 10.6. The van der Waals surface area contributed by atoms with E-state index in [-0.39, 0.29) is 18.3 Å². The van der Waals surface area contributed by atoms with Crippen LogP contribution in [0.4, 0.5) is 4.39 Å². The van der Waals surface area contributed by atoms with E-state index >= 15 is 0 Å². The molecule has 0 fully saturated rings. The number of hydrogen-bond donors (Lipinski definition) is 2. The number of amides is 2. The molecule has 0 aliphatic heterocycles. The molecular formula is C17H15FN2O2. The van der Waals surface area contributed by atoms with Crippen LogP contribution in [-0.4, -0.2) is 11.8 Å². The fourth-order valence-corrected chi connectivity index (χ4v) is 1.83. The van der Waals surface area contributed by atoms with Gasteiger partial charge < -0.3 is 11.1 Å². The van der Waals surface area contributed by atoms with Gasteiger partial charge in [0.1, 0.15) is 5.82 Å². The van der Waals surface area contributed by atoms with E-state index in [0.717, 1.165) is 11.1 Å². The van der Waals surface area contributed by atoms with Crippen LogP contribution in [-0.2, 0) is 11.3 Å². The maximum Gasteiger partial charge on any atom is 0.248 e. The molecule has 5 heteroatoms. The van der Waals surface area contributed by atoms with Crippen LogP contribution in [0.5, 0.6) is 0 Å². The largest absolute Gasteiger partial charge is 0.366 e. The lowest BCUT2D eigenvalue weighted by Crippen LogP contribution is -2.20. The van der Waals surface area contributed by atoms with Crippen molar-refractivity contribution < 1.29 is 14.0 Å². The van der Waals surface area contributed by atoms with Crippen molar-refractivity contribution in [2.24, 2.45) is 5.73 Å². The molecule has 0 aliphatic rings. The van der Waals surface area contributed by atoms with Gasteiger partial charge in [0.25, 0.3) is 0 Å². The van der Waals surface area contributed by atoms with Crippen molar-refractivity contribution in [3.8, 4) is 0 Å². The number of primary amides is 1. The van der Waals surface area contributed by atoms with Gasteiger partial charge in [0.15, 0.2) is 0 Å². The lowest BCUT2D eigenvalue weighted by Gasteiger charge is -2.04. The van der Waals surface area contributed by atoms with E-state index in [4.69, 9.17) is 5.73 Å². The van der Waals surface area contributed by atoms with Gasteiger partial charge in [0, 0.05) is 18.2 Å². The Balaban J connectivity index is 1.91. The summed E-state index contributed by atoms with van der Waals surface area (Å²) in [7, 11) is 0. The van der Waals surface area contributed by atoms with Crippen LogP contribution in [0.2, 0.25) is 0 Å². The van der Waals surface area contributed by atoms with E-state index in [9.17, 15) is 14.0 Å². The Bertz CT molecular complexity index is 709. The van der Waals surface area contributed by atoms with Crippen molar-refractivity contribution in [2.45, 2.75) is 6.54 Å². The molecule has 0 radical (unpaired) electrons. The quantitative estimate of drug-likeness (QED) is 0.831. The first-order valence-corrected chi connectivity index (χ1v) is 6.65. The van der Waals surface area contributed by atoms with Crippen molar-refractivity contribution in [2.75, 3.05) is 0 Å². The Hall–Kier alpha value is -2.95. The van der Waals surface area contributed by atoms with Crippen LogP contribution in [0.15, 0.2) is 54.6 Å². The average molecular weight is 298 g/mol. The number of carbonyl (C=O) groups is 2. The van der Waals surface area contributed by atoms with Crippen LogP contribution in [0.3, 0.4) is 0 Å². The molecule has 0 aromatic heterocycles. The summed E-state index contributed by atoms with van der Waals surface area (Å²) >= 11 is 0. The Morgan fingerprint density at radius 2 is 1.86 bits per heavy atom. The highest BCUT2D eigenvalue weighted by atomic mass is 19.1. The highest BCUT2D eigenvalue weighted by Gasteiger charge is 2.02. The van der Waals surface area contributed by atoms with Gasteiger partial charge in [0.05, 0.1) is 0 Å². The fourth-order valence-electron chi connectivity index (χ4n) is 1.83. The summed E-state index contributed by atoms with van der Waals surface area (Å²) in [6, 6.07) is 12.5. The summed E-state index contributed by atoms with van der Waals surface area (Å²) in [5.41, 5.74) is 7.10. The third-order valence-electron chi connectivity index (χ3n) is 2.98. The predicted molar refractivity (Wildman–Crippen MR) is 82.2 cm³/mol. The van der Waals surface area contributed by atoms with Gasteiger partial charge >= 0.3 is 0 Å². The highest BCUT2D eigenvalue weighted by molar-refractivity contribution is 5.93. The van der Waals surface area contributed by atoms with Gasteiger partial charge in [0.2, 0.25) is 11.8 Å². The van der Waals surface area contributed by atoms with Gasteiger partial charge in [-0.1, -0.05) is 24.3 Å². The average Bonchev–Trinajstić information content (AvgIpc) is 2.52. The Morgan fingerprint density at radius 3 is 2.55 bits per heavy atom. The van der Waals surface area contributed by atoms with Crippen LogP contribution in [0.25, 0.3) is 6.08 Å². The second-order valence-electron chi connectivity index (χ2n) is 4.67. The minimum atomic E-state index is -0.510. The minimum Gasteiger partial charge on any atom is -0.366 e. The summed E-state index contributed by atoms with van der Waals surface area (Å²) in [5, 5.41) is 2.69. The summed E-state index contributed by atoms with van der Waals surface area (Å²) in [6.45, 7) is 0.285. The lowest BCUT2D eigenvalue weighted by molar-refractivity contribution is -0.116. The molecule has 22 heavy (non-hydrogen) atoms. The summed E-state index contributed by atoms with van der Waals surface area (Å²) < 4.78 is 12.7. The van der Waals surface area contributed by atoms with Gasteiger partial charge in [-0.15, -0.1) is 0 Å². The third-order valence-corrected chi connectivity index (χ3v) is 2.98. The topological polar surface area (TPSA) is 72.2 Å². The summed E-state index contributed by atoms with van der Waals surface area (Å²) in [5.74, 6) is -1.12. The zero-order valence-electron chi connectivity index (χ0n) is 11.8. The van der Waals surface area contributed by atoms with Crippen molar-refractivity contribution in [1.82, 2.24) is 5.32 Å². The molecule has 0 atom stereocenters. The van der Waals surface area contributed by atoms with E-state index in [0.29, 0.717) is 5.56 Å². The number of carbonyl (C=O) groups excluding carboxylic acids is 2.